The van der Waals surface area contributed by atoms with Gasteiger partial charge >= 0.3 is 0 Å². The molecule has 0 N–H and O–H groups in total. The Labute approximate surface area is 79.7 Å². The standard InChI is InChI=1S/C6H7ClN2O3S/c7-13(10,11)6-3-5-4-12-2-1-9(5)8-6/h3H,1-2,4H2. The minimum absolute atomic E-state index is 0.102. The Morgan fingerprint density at radius 2 is 2.38 bits per heavy atom. The molecule has 0 saturated carbocycles. The molecule has 72 valence electrons. The normalized spacial score (nSPS) is 17.0. The summed E-state index contributed by atoms with van der Waals surface area (Å²) in [6, 6.07) is 1.43. The van der Waals surface area contributed by atoms with Crippen molar-refractivity contribution in [3.63, 3.8) is 0 Å². The predicted molar refractivity (Wildman–Crippen MR) is 44.9 cm³/mol. The molecule has 13 heavy (non-hydrogen) atoms. The second-order valence-corrected chi connectivity index (χ2v) is 5.20. The van der Waals surface area contributed by atoms with Crippen LogP contribution in [-0.2, 0) is 26.9 Å². The van der Waals surface area contributed by atoms with E-state index in [0.29, 0.717) is 19.8 Å². The van der Waals surface area contributed by atoms with E-state index in [1.54, 1.807) is 4.68 Å². The minimum atomic E-state index is -3.71. The summed E-state index contributed by atoms with van der Waals surface area (Å²) in [6.07, 6.45) is 0. The minimum Gasteiger partial charge on any atom is -0.373 e. The van der Waals surface area contributed by atoms with Gasteiger partial charge < -0.3 is 4.74 Å². The molecule has 7 heteroatoms. The summed E-state index contributed by atoms with van der Waals surface area (Å²) in [6.45, 7) is 1.51. The van der Waals surface area contributed by atoms with Crippen LogP contribution >= 0.6 is 10.7 Å². The first kappa shape index (κ1) is 8.98. The Balaban J connectivity index is 2.47. The van der Waals surface area contributed by atoms with Crippen molar-refractivity contribution in [1.29, 1.82) is 0 Å². The number of nitrogens with zero attached hydrogens (tertiary/aromatic N) is 2. The lowest BCUT2D eigenvalue weighted by Gasteiger charge is -2.12. The fourth-order valence-corrected chi connectivity index (χ4v) is 1.88. The SMILES string of the molecule is O=S(=O)(Cl)c1cc2n(n1)CCOC2. The number of hydrogen-bond donors (Lipinski definition) is 0. The van der Waals surface area contributed by atoms with Crippen LogP contribution in [0.4, 0.5) is 0 Å². The van der Waals surface area contributed by atoms with Gasteiger partial charge in [-0.05, 0) is 0 Å². The average Bonchev–Trinajstić information content (AvgIpc) is 2.45. The van der Waals surface area contributed by atoms with Gasteiger partial charge in [-0.3, -0.25) is 4.68 Å². The lowest BCUT2D eigenvalue weighted by Crippen LogP contribution is -2.16. The second-order valence-electron chi connectivity index (χ2n) is 2.69. The van der Waals surface area contributed by atoms with E-state index in [9.17, 15) is 8.42 Å². The number of hydrogen-bond acceptors (Lipinski definition) is 4. The van der Waals surface area contributed by atoms with Gasteiger partial charge in [-0.2, -0.15) is 5.10 Å². The molecule has 5 nitrogen and oxygen atoms in total. The third kappa shape index (κ3) is 1.70. The number of ether oxygens (including phenoxy) is 1. The summed E-state index contributed by atoms with van der Waals surface area (Å²) >= 11 is 0. The van der Waals surface area contributed by atoms with Gasteiger partial charge in [0.05, 0.1) is 25.5 Å². The fraction of sp³-hybridized carbons (Fsp3) is 0.500. The van der Waals surface area contributed by atoms with E-state index in [0.717, 1.165) is 5.69 Å². The summed E-state index contributed by atoms with van der Waals surface area (Å²) in [5.74, 6) is 0. The maximum absolute atomic E-state index is 10.9. The molecule has 0 bridgehead atoms. The monoisotopic (exact) mass is 222 g/mol. The maximum atomic E-state index is 10.9. The summed E-state index contributed by atoms with van der Waals surface area (Å²) < 4.78 is 28.5. The zero-order chi connectivity index (χ0) is 9.47. The Morgan fingerprint density at radius 1 is 1.62 bits per heavy atom. The zero-order valence-electron chi connectivity index (χ0n) is 6.60. The molecule has 0 amide bonds. The first-order valence-corrected chi connectivity index (χ1v) is 5.97. The zero-order valence-corrected chi connectivity index (χ0v) is 8.18. The van der Waals surface area contributed by atoms with E-state index in [-0.39, 0.29) is 5.03 Å². The van der Waals surface area contributed by atoms with Gasteiger partial charge in [0.15, 0.2) is 5.03 Å². The molecule has 0 aromatic carbocycles. The second kappa shape index (κ2) is 2.97. The van der Waals surface area contributed by atoms with Gasteiger partial charge in [-0.25, -0.2) is 8.42 Å². The molecule has 0 radical (unpaired) electrons. The fourth-order valence-electron chi connectivity index (χ4n) is 1.19. The molecule has 2 rings (SSSR count). The third-order valence-corrected chi connectivity index (χ3v) is 2.96. The summed E-state index contributed by atoms with van der Waals surface area (Å²) in [7, 11) is 1.42. The van der Waals surface area contributed by atoms with E-state index < -0.39 is 9.05 Å². The van der Waals surface area contributed by atoms with Crippen molar-refractivity contribution in [3.8, 4) is 0 Å². The third-order valence-electron chi connectivity index (χ3n) is 1.79. The molecule has 1 aromatic heterocycles. The highest BCUT2D eigenvalue weighted by Crippen LogP contribution is 2.17. The Kier molecular flexibility index (Phi) is 2.05. The van der Waals surface area contributed by atoms with Crippen molar-refractivity contribution in [2.75, 3.05) is 6.61 Å². The van der Waals surface area contributed by atoms with Gasteiger partial charge in [0.1, 0.15) is 0 Å². The van der Waals surface area contributed by atoms with Crippen LogP contribution in [0.5, 0.6) is 0 Å². The number of halogens is 1. The largest absolute Gasteiger partial charge is 0.373 e. The highest BCUT2D eigenvalue weighted by molar-refractivity contribution is 8.13. The van der Waals surface area contributed by atoms with Crippen LogP contribution in [-0.4, -0.2) is 24.8 Å². The molecule has 1 aliphatic heterocycles. The van der Waals surface area contributed by atoms with Gasteiger partial charge in [0, 0.05) is 16.7 Å². The van der Waals surface area contributed by atoms with E-state index in [4.69, 9.17) is 15.4 Å². The predicted octanol–water partition coefficient (Wildman–Crippen LogP) is 0.341. The average molecular weight is 223 g/mol. The molecule has 0 unspecified atom stereocenters. The molecule has 0 saturated heterocycles. The molecule has 0 atom stereocenters. The summed E-state index contributed by atoms with van der Waals surface area (Å²) in [4.78, 5) is 0. The molecule has 0 fully saturated rings. The van der Waals surface area contributed by atoms with Crippen LogP contribution in [0.3, 0.4) is 0 Å². The molecular weight excluding hydrogens is 216 g/mol. The lowest BCUT2D eigenvalue weighted by molar-refractivity contribution is 0.0799. The summed E-state index contributed by atoms with van der Waals surface area (Å²) in [5.41, 5.74) is 0.741. The molecule has 1 aromatic rings. The quantitative estimate of drug-likeness (QED) is 0.643. The van der Waals surface area contributed by atoms with E-state index in [1.807, 2.05) is 0 Å². The molecular formula is C6H7ClN2O3S. The van der Waals surface area contributed by atoms with Gasteiger partial charge in [-0.15, -0.1) is 0 Å². The van der Waals surface area contributed by atoms with Gasteiger partial charge in [0.25, 0.3) is 9.05 Å². The first-order chi connectivity index (χ1) is 6.07. The summed E-state index contributed by atoms with van der Waals surface area (Å²) in [5, 5.41) is 3.74. The number of fused-ring (bicyclic) bond motifs is 1. The van der Waals surface area contributed by atoms with Crippen molar-refractivity contribution in [2.45, 2.75) is 18.2 Å². The van der Waals surface area contributed by atoms with E-state index >= 15 is 0 Å². The Bertz CT molecular complexity index is 402. The van der Waals surface area contributed by atoms with Crippen molar-refractivity contribution >= 4 is 19.7 Å². The molecule has 0 aliphatic carbocycles. The molecule has 0 spiro atoms. The number of rotatable bonds is 1. The van der Waals surface area contributed by atoms with E-state index in [1.165, 1.54) is 6.07 Å². The first-order valence-electron chi connectivity index (χ1n) is 3.66. The Morgan fingerprint density at radius 3 is 3.00 bits per heavy atom. The van der Waals surface area contributed by atoms with Crippen LogP contribution in [0.1, 0.15) is 5.69 Å². The smallest absolute Gasteiger partial charge is 0.280 e. The van der Waals surface area contributed by atoms with Crippen LogP contribution in [0.15, 0.2) is 11.1 Å². The van der Waals surface area contributed by atoms with Gasteiger partial charge in [0.2, 0.25) is 0 Å². The maximum Gasteiger partial charge on any atom is 0.280 e. The Hall–Kier alpha value is -0.590. The van der Waals surface area contributed by atoms with Crippen molar-refractivity contribution in [3.05, 3.63) is 11.8 Å². The molecule has 2 heterocycles. The topological polar surface area (TPSA) is 61.2 Å². The van der Waals surface area contributed by atoms with Crippen molar-refractivity contribution in [2.24, 2.45) is 0 Å². The van der Waals surface area contributed by atoms with Crippen LogP contribution < -0.4 is 0 Å². The highest BCUT2D eigenvalue weighted by Gasteiger charge is 2.19. The lowest BCUT2D eigenvalue weighted by atomic mass is 10.4. The van der Waals surface area contributed by atoms with E-state index in [2.05, 4.69) is 5.10 Å². The van der Waals surface area contributed by atoms with Crippen molar-refractivity contribution in [1.82, 2.24) is 9.78 Å². The number of aromatic nitrogens is 2. The highest BCUT2D eigenvalue weighted by atomic mass is 35.7. The van der Waals surface area contributed by atoms with Crippen LogP contribution in [0.2, 0.25) is 0 Å². The molecule has 1 aliphatic rings. The van der Waals surface area contributed by atoms with Crippen molar-refractivity contribution < 1.29 is 13.2 Å². The van der Waals surface area contributed by atoms with Crippen LogP contribution in [0.25, 0.3) is 0 Å². The van der Waals surface area contributed by atoms with Gasteiger partial charge in [-0.1, -0.05) is 0 Å². The van der Waals surface area contributed by atoms with Crippen LogP contribution in [0, 0.1) is 0 Å².